The Balaban J connectivity index is 1.78. The summed E-state index contributed by atoms with van der Waals surface area (Å²) in [5.41, 5.74) is 1.02. The number of hydrogen-bond donors (Lipinski definition) is 0. The van der Waals surface area contributed by atoms with Crippen molar-refractivity contribution in [3.8, 4) is 5.75 Å². The van der Waals surface area contributed by atoms with E-state index >= 15 is 0 Å². The number of fused-ring (bicyclic) bond motifs is 1. The van der Waals surface area contributed by atoms with Crippen LogP contribution in [0.5, 0.6) is 5.75 Å². The third-order valence-electron chi connectivity index (χ3n) is 3.88. The van der Waals surface area contributed by atoms with E-state index < -0.39 is 0 Å². The van der Waals surface area contributed by atoms with Crippen molar-refractivity contribution >= 4 is 21.8 Å². The van der Waals surface area contributed by atoms with Crippen LogP contribution in [-0.4, -0.2) is 48.5 Å². The van der Waals surface area contributed by atoms with Gasteiger partial charge in [-0.15, -0.1) is 0 Å². The van der Waals surface area contributed by atoms with Crippen LogP contribution in [0.2, 0.25) is 0 Å². The highest BCUT2D eigenvalue weighted by Crippen LogP contribution is 2.34. The number of carbonyl (C=O) groups excluding carboxylic acids is 1. The second-order valence-corrected chi connectivity index (χ2v) is 5.81. The van der Waals surface area contributed by atoms with Crippen molar-refractivity contribution in [2.75, 3.05) is 31.6 Å². The number of rotatable bonds is 2. The fourth-order valence-electron chi connectivity index (χ4n) is 2.83. The van der Waals surface area contributed by atoms with E-state index in [1.165, 1.54) is 0 Å². The SMILES string of the molecule is O=C(C1CCOc2ccccc21)N1CCOC(CBr)C1. The van der Waals surface area contributed by atoms with Gasteiger partial charge in [0.1, 0.15) is 5.75 Å². The fraction of sp³-hybridized carbons (Fsp3) is 0.533. The highest BCUT2D eigenvalue weighted by Gasteiger charge is 2.33. The first-order chi connectivity index (χ1) is 9.79. The molecule has 1 aromatic rings. The number of carbonyl (C=O) groups is 1. The Labute approximate surface area is 127 Å². The first-order valence-corrected chi connectivity index (χ1v) is 8.10. The van der Waals surface area contributed by atoms with E-state index in [9.17, 15) is 4.79 Å². The summed E-state index contributed by atoms with van der Waals surface area (Å²) in [6.07, 6.45) is 0.856. The summed E-state index contributed by atoms with van der Waals surface area (Å²) in [6, 6.07) is 7.85. The monoisotopic (exact) mass is 339 g/mol. The van der Waals surface area contributed by atoms with Gasteiger partial charge < -0.3 is 14.4 Å². The van der Waals surface area contributed by atoms with E-state index in [-0.39, 0.29) is 17.9 Å². The molecule has 1 fully saturated rings. The van der Waals surface area contributed by atoms with Crippen LogP contribution in [0, 0.1) is 0 Å². The minimum atomic E-state index is -0.0750. The van der Waals surface area contributed by atoms with Crippen LogP contribution in [0.1, 0.15) is 17.9 Å². The zero-order chi connectivity index (χ0) is 13.9. The molecule has 1 amide bonds. The van der Waals surface area contributed by atoms with Gasteiger partial charge in [0.2, 0.25) is 5.91 Å². The van der Waals surface area contributed by atoms with Crippen LogP contribution in [-0.2, 0) is 9.53 Å². The lowest BCUT2D eigenvalue weighted by Crippen LogP contribution is -2.48. The van der Waals surface area contributed by atoms with Gasteiger partial charge in [-0.05, 0) is 12.5 Å². The van der Waals surface area contributed by atoms with Crippen molar-refractivity contribution in [3.63, 3.8) is 0 Å². The van der Waals surface area contributed by atoms with Gasteiger partial charge in [0.25, 0.3) is 0 Å². The Morgan fingerprint density at radius 3 is 3.05 bits per heavy atom. The number of benzene rings is 1. The van der Waals surface area contributed by atoms with E-state index in [1.807, 2.05) is 29.2 Å². The summed E-state index contributed by atoms with van der Waals surface area (Å²) < 4.78 is 11.2. The number of amides is 1. The molecule has 0 N–H and O–H groups in total. The highest BCUT2D eigenvalue weighted by molar-refractivity contribution is 9.09. The summed E-state index contributed by atoms with van der Waals surface area (Å²) in [5.74, 6) is 0.978. The number of para-hydroxylation sites is 1. The molecule has 0 aliphatic carbocycles. The Morgan fingerprint density at radius 1 is 1.35 bits per heavy atom. The lowest BCUT2D eigenvalue weighted by Gasteiger charge is -2.36. The zero-order valence-corrected chi connectivity index (χ0v) is 12.8. The van der Waals surface area contributed by atoms with Gasteiger partial charge in [0, 0.05) is 24.0 Å². The molecule has 20 heavy (non-hydrogen) atoms. The Kier molecular flexibility index (Phi) is 4.27. The highest BCUT2D eigenvalue weighted by atomic mass is 79.9. The molecule has 0 aromatic heterocycles. The fourth-order valence-corrected chi connectivity index (χ4v) is 3.22. The first-order valence-electron chi connectivity index (χ1n) is 6.97. The van der Waals surface area contributed by atoms with Crippen LogP contribution in [0.15, 0.2) is 24.3 Å². The summed E-state index contributed by atoms with van der Waals surface area (Å²) in [6.45, 7) is 2.58. The molecule has 108 valence electrons. The van der Waals surface area contributed by atoms with Crippen molar-refractivity contribution < 1.29 is 14.3 Å². The van der Waals surface area contributed by atoms with Gasteiger partial charge in [0.15, 0.2) is 0 Å². The molecule has 0 bridgehead atoms. The minimum absolute atomic E-state index is 0.0750. The second-order valence-electron chi connectivity index (χ2n) is 5.16. The third kappa shape index (κ3) is 2.69. The number of nitrogens with zero attached hydrogens (tertiary/aromatic N) is 1. The standard InChI is InChI=1S/C15H18BrNO3/c16-9-11-10-17(6-8-19-11)15(18)13-5-7-20-14-4-2-1-3-12(13)14/h1-4,11,13H,5-10H2. The molecule has 2 aliphatic rings. The molecule has 5 heteroatoms. The van der Waals surface area contributed by atoms with E-state index in [0.717, 1.165) is 23.1 Å². The Hall–Kier alpha value is -1.07. The predicted octanol–water partition coefficient (Wildman–Crippen LogP) is 2.17. The molecule has 4 nitrogen and oxygen atoms in total. The molecule has 2 aliphatic heterocycles. The molecular weight excluding hydrogens is 322 g/mol. The molecule has 3 rings (SSSR count). The zero-order valence-electron chi connectivity index (χ0n) is 11.3. The van der Waals surface area contributed by atoms with Gasteiger partial charge in [-0.2, -0.15) is 0 Å². The van der Waals surface area contributed by atoms with Crippen LogP contribution >= 0.6 is 15.9 Å². The normalized spacial score (nSPS) is 25.8. The van der Waals surface area contributed by atoms with Crippen LogP contribution in [0.3, 0.4) is 0 Å². The lowest BCUT2D eigenvalue weighted by molar-refractivity contribution is -0.140. The van der Waals surface area contributed by atoms with E-state index in [4.69, 9.17) is 9.47 Å². The maximum absolute atomic E-state index is 12.8. The molecule has 1 aromatic carbocycles. The quantitative estimate of drug-likeness (QED) is 0.775. The van der Waals surface area contributed by atoms with E-state index in [0.29, 0.717) is 26.3 Å². The largest absolute Gasteiger partial charge is 0.493 e. The van der Waals surface area contributed by atoms with Gasteiger partial charge >= 0.3 is 0 Å². The maximum atomic E-state index is 12.8. The van der Waals surface area contributed by atoms with Gasteiger partial charge in [-0.3, -0.25) is 4.79 Å². The average molecular weight is 340 g/mol. The van der Waals surface area contributed by atoms with Crippen molar-refractivity contribution in [2.24, 2.45) is 0 Å². The summed E-state index contributed by atoms with van der Waals surface area (Å²) in [5, 5.41) is 0.765. The molecule has 0 spiro atoms. The molecule has 1 saturated heterocycles. The average Bonchev–Trinajstić information content (AvgIpc) is 2.53. The molecule has 0 radical (unpaired) electrons. The topological polar surface area (TPSA) is 38.8 Å². The third-order valence-corrected chi connectivity index (χ3v) is 4.60. The lowest BCUT2D eigenvalue weighted by atomic mass is 9.91. The van der Waals surface area contributed by atoms with Gasteiger partial charge in [0.05, 0.1) is 25.2 Å². The van der Waals surface area contributed by atoms with E-state index in [1.54, 1.807) is 0 Å². The Morgan fingerprint density at radius 2 is 2.20 bits per heavy atom. The number of hydrogen-bond acceptors (Lipinski definition) is 3. The van der Waals surface area contributed by atoms with Crippen molar-refractivity contribution in [2.45, 2.75) is 18.4 Å². The number of morpholine rings is 1. The predicted molar refractivity (Wildman–Crippen MR) is 79.4 cm³/mol. The number of alkyl halides is 1. The maximum Gasteiger partial charge on any atom is 0.230 e. The molecule has 2 unspecified atom stereocenters. The van der Waals surface area contributed by atoms with Crippen molar-refractivity contribution in [1.29, 1.82) is 0 Å². The molecular formula is C15H18BrNO3. The Bertz CT molecular complexity index is 494. The summed E-state index contributed by atoms with van der Waals surface area (Å²) >= 11 is 3.43. The van der Waals surface area contributed by atoms with Gasteiger partial charge in [-0.25, -0.2) is 0 Å². The molecule has 0 saturated carbocycles. The van der Waals surface area contributed by atoms with Crippen LogP contribution in [0.4, 0.5) is 0 Å². The minimum Gasteiger partial charge on any atom is -0.493 e. The van der Waals surface area contributed by atoms with Crippen LogP contribution < -0.4 is 4.74 Å². The van der Waals surface area contributed by atoms with Crippen LogP contribution in [0.25, 0.3) is 0 Å². The summed E-state index contributed by atoms with van der Waals surface area (Å²) in [7, 11) is 0. The van der Waals surface area contributed by atoms with Crippen molar-refractivity contribution in [1.82, 2.24) is 4.90 Å². The second kappa shape index (κ2) is 6.14. The molecule has 2 atom stereocenters. The van der Waals surface area contributed by atoms with Crippen molar-refractivity contribution in [3.05, 3.63) is 29.8 Å². The summed E-state index contributed by atoms with van der Waals surface area (Å²) in [4.78, 5) is 14.7. The molecule has 2 heterocycles. The number of halogens is 1. The number of ether oxygens (including phenoxy) is 2. The van der Waals surface area contributed by atoms with Gasteiger partial charge in [-0.1, -0.05) is 34.1 Å². The smallest absolute Gasteiger partial charge is 0.230 e. The first kappa shape index (κ1) is 13.9. The van der Waals surface area contributed by atoms with E-state index in [2.05, 4.69) is 15.9 Å².